The third-order valence-electron chi connectivity index (χ3n) is 2.89. The van der Waals surface area contributed by atoms with E-state index in [-0.39, 0.29) is 10.9 Å². The van der Waals surface area contributed by atoms with E-state index < -0.39 is 5.82 Å². The van der Waals surface area contributed by atoms with Gasteiger partial charge in [0.1, 0.15) is 5.82 Å². The summed E-state index contributed by atoms with van der Waals surface area (Å²) in [6.45, 7) is 1.98. The van der Waals surface area contributed by atoms with Gasteiger partial charge in [0.15, 0.2) is 0 Å². The molecule has 0 radical (unpaired) electrons. The zero-order valence-electron chi connectivity index (χ0n) is 10.7. The van der Waals surface area contributed by atoms with Crippen LogP contribution in [0.2, 0.25) is 5.02 Å². The fraction of sp³-hybridized carbons (Fsp3) is 0.133. The van der Waals surface area contributed by atoms with Gasteiger partial charge in [-0.1, -0.05) is 36.7 Å². The summed E-state index contributed by atoms with van der Waals surface area (Å²) in [6.07, 6.45) is 0.752. The molecule has 1 amide bonds. The van der Waals surface area contributed by atoms with Crippen LogP contribution in [0.1, 0.15) is 22.8 Å². The SMILES string of the molecule is CCc1ccccc1C(=O)Nc1c(Cl)cc(F)cc1Br. The van der Waals surface area contributed by atoms with E-state index in [1.807, 2.05) is 19.1 Å². The van der Waals surface area contributed by atoms with Crippen molar-refractivity contribution in [1.29, 1.82) is 0 Å². The van der Waals surface area contributed by atoms with Crippen LogP contribution < -0.4 is 5.32 Å². The lowest BCUT2D eigenvalue weighted by Crippen LogP contribution is -2.14. The molecular weight excluding hydrogens is 345 g/mol. The normalized spacial score (nSPS) is 10.4. The summed E-state index contributed by atoms with van der Waals surface area (Å²) >= 11 is 9.15. The molecule has 0 aliphatic carbocycles. The molecule has 0 aliphatic rings. The number of hydrogen-bond donors (Lipinski definition) is 1. The Hall–Kier alpha value is -1.39. The molecule has 5 heteroatoms. The number of anilines is 1. The standard InChI is InChI=1S/C15H12BrClFNO/c1-2-9-5-3-4-6-11(9)15(20)19-14-12(16)7-10(18)8-13(14)17/h3-8H,2H2,1H3,(H,19,20). The first-order chi connectivity index (χ1) is 9.52. The molecule has 0 aliphatic heterocycles. The Balaban J connectivity index is 2.33. The third kappa shape index (κ3) is 3.19. The van der Waals surface area contributed by atoms with Gasteiger partial charge >= 0.3 is 0 Å². The number of benzene rings is 2. The Morgan fingerprint density at radius 3 is 2.70 bits per heavy atom. The van der Waals surface area contributed by atoms with Crippen molar-refractivity contribution in [3.8, 4) is 0 Å². The molecule has 0 fully saturated rings. The summed E-state index contributed by atoms with van der Waals surface area (Å²) in [6, 6.07) is 9.75. The van der Waals surface area contributed by atoms with Gasteiger partial charge in [0, 0.05) is 10.0 Å². The van der Waals surface area contributed by atoms with E-state index in [9.17, 15) is 9.18 Å². The summed E-state index contributed by atoms with van der Waals surface area (Å²) < 4.78 is 13.6. The number of carbonyl (C=O) groups is 1. The predicted octanol–water partition coefficient (Wildman–Crippen LogP) is 5.06. The van der Waals surface area contributed by atoms with Gasteiger partial charge in [0.2, 0.25) is 0 Å². The maximum atomic E-state index is 13.2. The Bertz CT molecular complexity index is 637. The lowest BCUT2D eigenvalue weighted by molar-refractivity contribution is 0.102. The third-order valence-corrected chi connectivity index (χ3v) is 3.81. The van der Waals surface area contributed by atoms with E-state index in [0.717, 1.165) is 18.1 Å². The average Bonchev–Trinajstić information content (AvgIpc) is 2.42. The minimum atomic E-state index is -0.464. The molecule has 2 aromatic rings. The van der Waals surface area contributed by atoms with Crippen molar-refractivity contribution in [1.82, 2.24) is 0 Å². The average molecular weight is 357 g/mol. The zero-order chi connectivity index (χ0) is 14.7. The highest BCUT2D eigenvalue weighted by Gasteiger charge is 2.14. The second-order valence-corrected chi connectivity index (χ2v) is 5.47. The van der Waals surface area contributed by atoms with Crippen LogP contribution in [0, 0.1) is 5.82 Å². The molecule has 0 spiro atoms. The number of hydrogen-bond acceptors (Lipinski definition) is 1. The summed E-state index contributed by atoms with van der Waals surface area (Å²) in [4.78, 5) is 12.3. The molecule has 0 aromatic heterocycles. The van der Waals surface area contributed by atoms with Crippen LogP contribution in [0.4, 0.5) is 10.1 Å². The number of amides is 1. The fourth-order valence-electron chi connectivity index (χ4n) is 1.89. The Labute approximate surface area is 130 Å². The molecule has 2 nitrogen and oxygen atoms in total. The summed E-state index contributed by atoms with van der Waals surface area (Å²) in [5.74, 6) is -0.731. The fourth-order valence-corrected chi connectivity index (χ4v) is 2.79. The maximum Gasteiger partial charge on any atom is 0.256 e. The van der Waals surface area contributed by atoms with Gasteiger partial charge < -0.3 is 5.32 Å². The number of rotatable bonds is 3. The van der Waals surface area contributed by atoms with E-state index in [1.54, 1.807) is 12.1 Å². The molecule has 2 aromatic carbocycles. The lowest BCUT2D eigenvalue weighted by Gasteiger charge is -2.11. The molecule has 0 heterocycles. The van der Waals surface area contributed by atoms with Crippen molar-refractivity contribution >= 4 is 39.1 Å². The Morgan fingerprint density at radius 2 is 2.05 bits per heavy atom. The van der Waals surface area contributed by atoms with Crippen LogP contribution in [0.5, 0.6) is 0 Å². The Kier molecular flexibility index (Phi) is 4.78. The first kappa shape index (κ1) is 15.0. The van der Waals surface area contributed by atoms with E-state index in [0.29, 0.717) is 15.7 Å². The highest BCUT2D eigenvalue weighted by atomic mass is 79.9. The van der Waals surface area contributed by atoms with Crippen LogP contribution >= 0.6 is 27.5 Å². The quantitative estimate of drug-likeness (QED) is 0.818. The van der Waals surface area contributed by atoms with Gasteiger partial charge in [-0.2, -0.15) is 0 Å². The largest absolute Gasteiger partial charge is 0.320 e. The first-order valence-corrected chi connectivity index (χ1v) is 7.23. The highest BCUT2D eigenvalue weighted by molar-refractivity contribution is 9.10. The molecule has 0 bridgehead atoms. The van der Waals surface area contributed by atoms with Crippen molar-refractivity contribution in [2.75, 3.05) is 5.32 Å². The van der Waals surface area contributed by atoms with Gasteiger partial charge in [-0.25, -0.2) is 4.39 Å². The van der Waals surface area contributed by atoms with Crippen molar-refractivity contribution in [2.24, 2.45) is 0 Å². The predicted molar refractivity (Wildman–Crippen MR) is 82.9 cm³/mol. The van der Waals surface area contributed by atoms with Crippen LogP contribution in [0.3, 0.4) is 0 Å². The highest BCUT2D eigenvalue weighted by Crippen LogP contribution is 2.32. The van der Waals surface area contributed by atoms with Gasteiger partial charge in [-0.05, 0) is 46.1 Å². The zero-order valence-corrected chi connectivity index (χ0v) is 13.1. The van der Waals surface area contributed by atoms with Crippen LogP contribution in [0.25, 0.3) is 0 Å². The Morgan fingerprint density at radius 1 is 1.35 bits per heavy atom. The molecular formula is C15H12BrClFNO. The molecule has 0 unspecified atom stereocenters. The molecule has 20 heavy (non-hydrogen) atoms. The molecule has 0 saturated carbocycles. The maximum absolute atomic E-state index is 13.2. The van der Waals surface area contributed by atoms with Crippen LogP contribution in [-0.4, -0.2) is 5.91 Å². The monoisotopic (exact) mass is 355 g/mol. The van der Waals surface area contributed by atoms with Gasteiger partial charge in [-0.3, -0.25) is 4.79 Å². The molecule has 104 valence electrons. The minimum Gasteiger partial charge on any atom is -0.320 e. The van der Waals surface area contributed by atoms with Crippen molar-refractivity contribution < 1.29 is 9.18 Å². The van der Waals surface area contributed by atoms with Gasteiger partial charge in [-0.15, -0.1) is 0 Å². The second-order valence-electron chi connectivity index (χ2n) is 4.21. The summed E-state index contributed by atoms with van der Waals surface area (Å²) in [7, 11) is 0. The van der Waals surface area contributed by atoms with Crippen LogP contribution in [-0.2, 0) is 6.42 Å². The van der Waals surface area contributed by atoms with E-state index in [2.05, 4.69) is 21.2 Å². The van der Waals surface area contributed by atoms with E-state index in [1.165, 1.54) is 6.07 Å². The topological polar surface area (TPSA) is 29.1 Å². The minimum absolute atomic E-state index is 0.152. The number of carbonyl (C=O) groups excluding carboxylic acids is 1. The van der Waals surface area contributed by atoms with Crippen molar-refractivity contribution in [3.63, 3.8) is 0 Å². The van der Waals surface area contributed by atoms with Crippen molar-refractivity contribution in [2.45, 2.75) is 13.3 Å². The number of halogens is 3. The molecule has 0 atom stereocenters. The van der Waals surface area contributed by atoms with Gasteiger partial charge in [0.05, 0.1) is 10.7 Å². The molecule has 0 saturated heterocycles. The smallest absolute Gasteiger partial charge is 0.256 e. The molecule has 2 rings (SSSR count). The van der Waals surface area contributed by atoms with E-state index >= 15 is 0 Å². The number of nitrogens with one attached hydrogen (secondary N) is 1. The lowest BCUT2D eigenvalue weighted by atomic mass is 10.0. The van der Waals surface area contributed by atoms with Crippen molar-refractivity contribution in [3.05, 3.63) is 62.8 Å². The molecule has 1 N–H and O–H groups in total. The summed E-state index contributed by atoms with van der Waals surface area (Å²) in [5, 5.41) is 2.86. The van der Waals surface area contributed by atoms with Gasteiger partial charge in [0.25, 0.3) is 5.91 Å². The number of aryl methyl sites for hydroxylation is 1. The first-order valence-electron chi connectivity index (χ1n) is 6.06. The van der Waals surface area contributed by atoms with E-state index in [4.69, 9.17) is 11.6 Å². The second kappa shape index (κ2) is 6.37. The summed E-state index contributed by atoms with van der Waals surface area (Å²) in [5.41, 5.74) is 1.89. The van der Waals surface area contributed by atoms with Crippen LogP contribution in [0.15, 0.2) is 40.9 Å².